The fraction of sp³-hybridized carbons (Fsp3) is 0.882. The molecule has 0 radical (unpaired) electrons. The molecule has 5 heteroatoms. The van der Waals surface area contributed by atoms with E-state index in [4.69, 9.17) is 4.74 Å². The van der Waals surface area contributed by atoms with Crippen LogP contribution in [0.25, 0.3) is 0 Å². The van der Waals surface area contributed by atoms with Gasteiger partial charge >= 0.3 is 5.97 Å². The summed E-state index contributed by atoms with van der Waals surface area (Å²) >= 11 is 0. The van der Waals surface area contributed by atoms with Crippen LogP contribution < -0.4 is 5.32 Å². The summed E-state index contributed by atoms with van der Waals surface area (Å²) in [6.45, 7) is 11.5. The highest BCUT2D eigenvalue weighted by atomic mass is 16.6. The van der Waals surface area contributed by atoms with Crippen molar-refractivity contribution in [2.45, 2.75) is 71.9 Å². The van der Waals surface area contributed by atoms with Gasteiger partial charge in [-0.05, 0) is 47.0 Å². The van der Waals surface area contributed by atoms with E-state index in [1.807, 2.05) is 20.8 Å². The van der Waals surface area contributed by atoms with Crippen molar-refractivity contribution in [3.63, 3.8) is 0 Å². The van der Waals surface area contributed by atoms with Gasteiger partial charge < -0.3 is 10.1 Å². The third kappa shape index (κ3) is 6.77. The van der Waals surface area contributed by atoms with Gasteiger partial charge in [-0.2, -0.15) is 0 Å². The molecule has 0 aromatic heterocycles. The van der Waals surface area contributed by atoms with Crippen molar-refractivity contribution in [2.24, 2.45) is 5.92 Å². The minimum absolute atomic E-state index is 0.0181. The standard InChI is InChI=1S/C17H32N2O3/c1-6-7-10-18-16(21)14-9-8-13(2)19(11-14)12-15(20)22-17(3,4)5/h13-14H,6-12H2,1-5H3,(H,18,21). The summed E-state index contributed by atoms with van der Waals surface area (Å²) in [6.07, 6.45) is 3.92. The molecule has 0 bridgehead atoms. The summed E-state index contributed by atoms with van der Waals surface area (Å²) in [5.74, 6) is -0.114. The molecular weight excluding hydrogens is 280 g/mol. The molecule has 2 atom stereocenters. The highest BCUT2D eigenvalue weighted by Crippen LogP contribution is 2.22. The van der Waals surface area contributed by atoms with E-state index in [0.29, 0.717) is 12.6 Å². The predicted molar refractivity (Wildman–Crippen MR) is 87.5 cm³/mol. The first-order valence-electron chi connectivity index (χ1n) is 8.46. The highest BCUT2D eigenvalue weighted by Gasteiger charge is 2.31. The lowest BCUT2D eigenvalue weighted by Crippen LogP contribution is -2.49. The smallest absolute Gasteiger partial charge is 0.320 e. The number of nitrogens with zero attached hydrogens (tertiary/aromatic N) is 1. The molecular formula is C17H32N2O3. The predicted octanol–water partition coefficient (Wildman–Crippen LogP) is 2.34. The Bertz CT molecular complexity index is 377. The van der Waals surface area contributed by atoms with Crippen LogP contribution in [0.15, 0.2) is 0 Å². The van der Waals surface area contributed by atoms with Crippen LogP contribution in [0, 0.1) is 5.92 Å². The minimum Gasteiger partial charge on any atom is -0.459 e. The van der Waals surface area contributed by atoms with Crippen LogP contribution in [0.2, 0.25) is 0 Å². The van der Waals surface area contributed by atoms with Crippen molar-refractivity contribution in [3.8, 4) is 0 Å². The molecule has 22 heavy (non-hydrogen) atoms. The molecule has 1 aliphatic heterocycles. The van der Waals surface area contributed by atoms with Gasteiger partial charge in [-0.1, -0.05) is 13.3 Å². The van der Waals surface area contributed by atoms with Gasteiger partial charge in [0.05, 0.1) is 12.5 Å². The first-order valence-corrected chi connectivity index (χ1v) is 8.46. The van der Waals surface area contributed by atoms with Gasteiger partial charge in [0.2, 0.25) is 5.91 Å². The van der Waals surface area contributed by atoms with Crippen molar-refractivity contribution >= 4 is 11.9 Å². The van der Waals surface area contributed by atoms with Gasteiger partial charge in [0, 0.05) is 19.1 Å². The number of rotatable bonds is 6. The Labute approximate surface area is 134 Å². The molecule has 0 aromatic rings. The fourth-order valence-electron chi connectivity index (χ4n) is 2.69. The maximum atomic E-state index is 12.2. The zero-order valence-electron chi connectivity index (χ0n) is 14.8. The van der Waals surface area contributed by atoms with E-state index in [1.54, 1.807) is 0 Å². The molecule has 2 unspecified atom stereocenters. The Morgan fingerprint density at radius 2 is 1.95 bits per heavy atom. The quantitative estimate of drug-likeness (QED) is 0.604. The molecule has 5 nitrogen and oxygen atoms in total. The summed E-state index contributed by atoms with van der Waals surface area (Å²) < 4.78 is 5.38. The second-order valence-electron chi connectivity index (χ2n) is 7.28. The van der Waals surface area contributed by atoms with E-state index < -0.39 is 5.60 Å². The van der Waals surface area contributed by atoms with Gasteiger partial charge in [-0.3, -0.25) is 14.5 Å². The molecule has 1 saturated heterocycles. The molecule has 1 amide bonds. The third-order valence-corrected chi connectivity index (χ3v) is 3.96. The first kappa shape index (κ1) is 18.9. The Balaban J connectivity index is 2.49. The fourth-order valence-corrected chi connectivity index (χ4v) is 2.69. The largest absolute Gasteiger partial charge is 0.459 e. The number of carbonyl (C=O) groups excluding carboxylic acids is 2. The molecule has 1 rings (SSSR count). The lowest BCUT2D eigenvalue weighted by molar-refractivity contribution is -0.157. The lowest BCUT2D eigenvalue weighted by Gasteiger charge is -2.37. The van der Waals surface area contributed by atoms with Crippen LogP contribution in [0.4, 0.5) is 0 Å². The number of ether oxygens (including phenoxy) is 1. The van der Waals surface area contributed by atoms with E-state index in [0.717, 1.165) is 32.2 Å². The lowest BCUT2D eigenvalue weighted by atomic mass is 9.92. The maximum Gasteiger partial charge on any atom is 0.320 e. The van der Waals surface area contributed by atoms with E-state index in [9.17, 15) is 9.59 Å². The van der Waals surface area contributed by atoms with E-state index in [2.05, 4.69) is 24.1 Å². The number of unbranched alkanes of at least 4 members (excludes halogenated alkanes) is 1. The van der Waals surface area contributed by atoms with E-state index >= 15 is 0 Å². The molecule has 0 saturated carbocycles. The Hall–Kier alpha value is -1.10. The molecule has 1 fully saturated rings. The molecule has 1 aliphatic rings. The van der Waals surface area contributed by atoms with Crippen LogP contribution in [0.3, 0.4) is 0 Å². The van der Waals surface area contributed by atoms with Crippen LogP contribution in [0.1, 0.15) is 60.3 Å². The van der Waals surface area contributed by atoms with Crippen molar-refractivity contribution < 1.29 is 14.3 Å². The normalized spacial score (nSPS) is 23.1. The Kier molecular flexibility index (Phi) is 7.33. The van der Waals surface area contributed by atoms with Crippen molar-refractivity contribution in [2.75, 3.05) is 19.6 Å². The maximum absolute atomic E-state index is 12.2. The van der Waals surface area contributed by atoms with Gasteiger partial charge in [-0.15, -0.1) is 0 Å². The number of amides is 1. The monoisotopic (exact) mass is 312 g/mol. The number of nitrogens with one attached hydrogen (secondary N) is 1. The molecule has 0 aromatic carbocycles. The van der Waals surface area contributed by atoms with Crippen LogP contribution >= 0.6 is 0 Å². The molecule has 1 N–H and O–H groups in total. The van der Waals surface area contributed by atoms with Crippen molar-refractivity contribution in [1.29, 1.82) is 0 Å². The molecule has 128 valence electrons. The number of carbonyl (C=O) groups is 2. The summed E-state index contributed by atoms with van der Waals surface area (Å²) in [7, 11) is 0. The summed E-state index contributed by atoms with van der Waals surface area (Å²) in [4.78, 5) is 26.3. The minimum atomic E-state index is -0.465. The number of likely N-dealkylation sites (tertiary alicyclic amines) is 1. The van der Waals surface area contributed by atoms with E-state index in [1.165, 1.54) is 0 Å². The topological polar surface area (TPSA) is 58.6 Å². The van der Waals surface area contributed by atoms with Gasteiger partial charge in [0.1, 0.15) is 5.60 Å². The molecule has 1 heterocycles. The zero-order valence-corrected chi connectivity index (χ0v) is 14.8. The molecule has 0 aliphatic carbocycles. The highest BCUT2D eigenvalue weighted by molar-refractivity contribution is 5.79. The number of hydrogen-bond donors (Lipinski definition) is 1. The second-order valence-corrected chi connectivity index (χ2v) is 7.28. The van der Waals surface area contributed by atoms with Gasteiger partial charge in [-0.25, -0.2) is 0 Å². The zero-order chi connectivity index (χ0) is 16.8. The number of esters is 1. The van der Waals surface area contributed by atoms with Crippen molar-refractivity contribution in [1.82, 2.24) is 10.2 Å². The third-order valence-electron chi connectivity index (χ3n) is 3.96. The SMILES string of the molecule is CCCCNC(=O)C1CCC(C)N(CC(=O)OC(C)(C)C)C1. The summed E-state index contributed by atoms with van der Waals surface area (Å²) in [5, 5.41) is 3.00. The van der Waals surface area contributed by atoms with Crippen LogP contribution in [-0.2, 0) is 14.3 Å². The Morgan fingerprint density at radius 3 is 2.55 bits per heavy atom. The van der Waals surface area contributed by atoms with E-state index in [-0.39, 0.29) is 24.3 Å². The molecule has 0 spiro atoms. The average molecular weight is 312 g/mol. The van der Waals surface area contributed by atoms with Gasteiger partial charge in [0.15, 0.2) is 0 Å². The Morgan fingerprint density at radius 1 is 1.27 bits per heavy atom. The summed E-state index contributed by atoms with van der Waals surface area (Å²) in [6, 6.07) is 0.312. The van der Waals surface area contributed by atoms with Crippen LogP contribution in [-0.4, -0.2) is 48.1 Å². The number of hydrogen-bond acceptors (Lipinski definition) is 4. The van der Waals surface area contributed by atoms with Gasteiger partial charge in [0.25, 0.3) is 0 Å². The van der Waals surface area contributed by atoms with Crippen LogP contribution in [0.5, 0.6) is 0 Å². The second kappa shape index (κ2) is 8.51. The average Bonchev–Trinajstić information content (AvgIpc) is 2.39. The van der Waals surface area contributed by atoms with Crippen molar-refractivity contribution in [3.05, 3.63) is 0 Å². The number of piperidine rings is 1. The summed E-state index contributed by atoms with van der Waals surface area (Å²) in [5.41, 5.74) is -0.465. The first-order chi connectivity index (χ1) is 10.2.